The smallest absolute Gasteiger partial charge is 0.251 e. The second-order valence-electron chi connectivity index (χ2n) is 8.84. The lowest BCUT2D eigenvalue weighted by Crippen LogP contribution is -2.25. The second kappa shape index (κ2) is 17.6. The Morgan fingerprint density at radius 2 is 1.00 bits per heavy atom. The minimum atomic E-state index is -0.203. The number of aliphatic hydroxyl groups excluding tert-OH is 2. The highest BCUT2D eigenvalue weighted by Crippen LogP contribution is 2.37. The molecule has 2 rings (SSSR count). The van der Waals surface area contributed by atoms with Gasteiger partial charge in [-0.05, 0) is 37.8 Å². The molecule has 0 heterocycles. The lowest BCUT2D eigenvalue weighted by molar-refractivity contribution is -0.116. The van der Waals surface area contributed by atoms with Gasteiger partial charge in [0.05, 0.1) is 0 Å². The van der Waals surface area contributed by atoms with Crippen molar-refractivity contribution >= 4 is 34.7 Å². The van der Waals surface area contributed by atoms with E-state index < -0.39 is 0 Å². The zero-order valence-corrected chi connectivity index (χ0v) is 22.5. The van der Waals surface area contributed by atoms with Crippen LogP contribution in [0, 0.1) is 0 Å². The molecule has 2 aromatic rings. The Morgan fingerprint density at radius 3 is 1.41 bits per heavy atom. The first-order valence-electron chi connectivity index (χ1n) is 13.0. The van der Waals surface area contributed by atoms with Crippen LogP contribution in [0.4, 0.5) is 0 Å². The Labute approximate surface area is 225 Å². The van der Waals surface area contributed by atoms with Crippen molar-refractivity contribution in [3.8, 4) is 0 Å². The number of rotatable bonds is 18. The lowest BCUT2D eigenvalue weighted by atomic mass is 10.1. The van der Waals surface area contributed by atoms with Gasteiger partial charge in [0.2, 0.25) is 0 Å². The van der Waals surface area contributed by atoms with E-state index in [4.69, 9.17) is 10.2 Å². The Kier molecular flexibility index (Phi) is 14.4. The maximum Gasteiger partial charge on any atom is 0.251 e. The maximum absolute atomic E-state index is 12.7. The van der Waals surface area contributed by atoms with Gasteiger partial charge in [-0.15, -0.1) is 0 Å². The number of amides is 2. The molecular weight excluding hydrogens is 484 g/mol. The van der Waals surface area contributed by atoms with Crippen LogP contribution in [0.15, 0.2) is 71.5 Å². The zero-order valence-electron chi connectivity index (χ0n) is 21.6. The summed E-state index contributed by atoms with van der Waals surface area (Å²) in [7, 11) is 0. The van der Waals surface area contributed by atoms with Crippen LogP contribution in [0.2, 0.25) is 0 Å². The van der Waals surface area contributed by atoms with Crippen LogP contribution in [-0.4, -0.2) is 48.3 Å². The largest absolute Gasteiger partial charge is 0.396 e. The van der Waals surface area contributed by atoms with Gasteiger partial charge in [-0.2, -0.15) is 0 Å². The number of carbonyl (C=O) groups excluding carboxylic acids is 2. The molecule has 0 saturated heterocycles. The first-order chi connectivity index (χ1) is 18.0. The van der Waals surface area contributed by atoms with Crippen molar-refractivity contribution in [1.82, 2.24) is 10.6 Å². The van der Waals surface area contributed by atoms with Gasteiger partial charge in [-0.1, -0.05) is 87.0 Å². The van der Waals surface area contributed by atoms with Crippen LogP contribution in [0.25, 0.3) is 11.1 Å². The van der Waals surface area contributed by atoms with Crippen LogP contribution in [-0.2, 0) is 9.59 Å². The molecule has 2 amide bonds. The summed E-state index contributed by atoms with van der Waals surface area (Å²) in [5.74, 6) is -0.405. The van der Waals surface area contributed by atoms with E-state index in [0.717, 1.165) is 72.3 Å². The van der Waals surface area contributed by atoms with Crippen molar-refractivity contribution in [3.63, 3.8) is 0 Å². The van der Waals surface area contributed by atoms with Gasteiger partial charge in [0.1, 0.15) is 0 Å². The van der Waals surface area contributed by atoms with Gasteiger partial charge in [-0.3, -0.25) is 9.59 Å². The maximum atomic E-state index is 12.7. The highest BCUT2D eigenvalue weighted by atomic mass is 32.2. The fraction of sp³-hybridized carbons (Fsp3) is 0.400. The van der Waals surface area contributed by atoms with Gasteiger partial charge >= 0.3 is 0 Å². The van der Waals surface area contributed by atoms with Crippen LogP contribution in [0.3, 0.4) is 0 Å². The molecule has 37 heavy (non-hydrogen) atoms. The van der Waals surface area contributed by atoms with E-state index in [1.165, 1.54) is 11.8 Å². The van der Waals surface area contributed by atoms with E-state index in [9.17, 15) is 9.59 Å². The molecular formula is C30H40N2O4S. The Bertz CT molecular complexity index is 956. The van der Waals surface area contributed by atoms with Crippen molar-refractivity contribution in [3.05, 3.63) is 72.8 Å². The summed E-state index contributed by atoms with van der Waals surface area (Å²) < 4.78 is 0. The molecule has 0 aromatic heterocycles. The molecule has 0 aliphatic carbocycles. The molecule has 0 unspecified atom stereocenters. The van der Waals surface area contributed by atoms with E-state index in [1.54, 1.807) is 0 Å². The van der Waals surface area contributed by atoms with Crippen LogP contribution in [0.5, 0.6) is 0 Å². The first kappa shape index (κ1) is 30.4. The number of hydrogen-bond donors (Lipinski definition) is 4. The third-order valence-electron chi connectivity index (χ3n) is 5.93. The van der Waals surface area contributed by atoms with Crippen LogP contribution < -0.4 is 10.6 Å². The molecule has 4 N–H and O–H groups in total. The van der Waals surface area contributed by atoms with E-state index >= 15 is 0 Å². The summed E-state index contributed by atoms with van der Waals surface area (Å²) in [5.41, 5.74) is 2.29. The number of nitrogens with one attached hydrogen (secondary N) is 2. The molecule has 0 radical (unpaired) electrons. The molecule has 200 valence electrons. The van der Waals surface area contributed by atoms with E-state index in [-0.39, 0.29) is 25.0 Å². The summed E-state index contributed by atoms with van der Waals surface area (Å²) in [6.07, 6.45) is 7.08. The fourth-order valence-corrected chi connectivity index (χ4v) is 4.90. The van der Waals surface area contributed by atoms with E-state index in [2.05, 4.69) is 23.8 Å². The van der Waals surface area contributed by atoms with Crippen LogP contribution >= 0.6 is 11.8 Å². The van der Waals surface area contributed by atoms with Crippen molar-refractivity contribution in [2.75, 3.05) is 26.3 Å². The van der Waals surface area contributed by atoms with Gasteiger partial charge in [-0.25, -0.2) is 0 Å². The number of benzene rings is 2. The van der Waals surface area contributed by atoms with Crippen molar-refractivity contribution < 1.29 is 19.8 Å². The third kappa shape index (κ3) is 10.6. The van der Waals surface area contributed by atoms with Gasteiger partial charge in [0.25, 0.3) is 11.8 Å². The third-order valence-corrected chi connectivity index (χ3v) is 7.09. The normalized spacial score (nSPS) is 10.6. The molecule has 0 saturated carbocycles. The van der Waals surface area contributed by atoms with E-state index in [0.29, 0.717) is 24.2 Å². The number of unbranched alkanes of at least 4 members (excludes halogenated alkanes) is 6. The summed E-state index contributed by atoms with van der Waals surface area (Å²) in [6, 6.07) is 15.2. The van der Waals surface area contributed by atoms with Crippen molar-refractivity contribution in [2.45, 2.75) is 61.2 Å². The molecule has 0 fully saturated rings. The molecule has 0 aliphatic rings. The minimum Gasteiger partial charge on any atom is -0.396 e. The molecule has 7 heteroatoms. The Balaban J connectivity index is 2.03. The average molecular weight is 525 g/mol. The molecule has 2 aromatic carbocycles. The standard InChI is InChI=1S/C30H40N2O4S/c1-23(29(35)31-19-11-3-5-13-21-33)25-15-7-9-17-27(25)37-28-18-10-8-16-26(28)24(2)30(36)32-20-12-4-6-14-22-34/h7-10,15-18,33-34H,1-6,11-14,19-22H2,(H,31,35)(H,32,36). The lowest BCUT2D eigenvalue weighted by Gasteiger charge is -2.15. The molecule has 0 atom stereocenters. The quantitative estimate of drug-likeness (QED) is 0.159. The molecule has 0 aliphatic heterocycles. The molecule has 6 nitrogen and oxygen atoms in total. The highest BCUT2D eigenvalue weighted by Gasteiger charge is 2.17. The monoisotopic (exact) mass is 524 g/mol. The Morgan fingerprint density at radius 1 is 0.622 bits per heavy atom. The topological polar surface area (TPSA) is 98.7 Å². The van der Waals surface area contributed by atoms with Crippen molar-refractivity contribution in [1.29, 1.82) is 0 Å². The zero-order chi connectivity index (χ0) is 26.9. The number of aliphatic hydroxyl groups is 2. The first-order valence-corrected chi connectivity index (χ1v) is 13.8. The SMILES string of the molecule is C=C(C(=O)NCCCCCCO)c1ccccc1Sc1ccccc1C(=C)C(=O)NCCCCCCO. The molecule has 0 spiro atoms. The highest BCUT2D eigenvalue weighted by molar-refractivity contribution is 7.99. The van der Waals surface area contributed by atoms with Crippen LogP contribution in [0.1, 0.15) is 62.5 Å². The Hall–Kier alpha value is -2.87. The summed E-state index contributed by atoms with van der Waals surface area (Å²) in [5, 5.41) is 23.6. The minimum absolute atomic E-state index is 0.199. The van der Waals surface area contributed by atoms with Gasteiger partial charge < -0.3 is 20.8 Å². The predicted molar refractivity (Wildman–Crippen MR) is 152 cm³/mol. The predicted octanol–water partition coefficient (Wildman–Crippen LogP) is 5.20. The summed E-state index contributed by atoms with van der Waals surface area (Å²) in [4.78, 5) is 27.2. The molecule has 0 bridgehead atoms. The number of carbonyl (C=O) groups is 2. The summed E-state index contributed by atoms with van der Waals surface area (Å²) in [6.45, 7) is 9.63. The van der Waals surface area contributed by atoms with Crippen molar-refractivity contribution in [2.24, 2.45) is 0 Å². The second-order valence-corrected chi connectivity index (χ2v) is 9.92. The average Bonchev–Trinajstić information content (AvgIpc) is 2.92. The van der Waals surface area contributed by atoms with Gasteiger partial charge in [0, 0.05) is 58.4 Å². The summed E-state index contributed by atoms with van der Waals surface area (Å²) >= 11 is 1.48. The van der Waals surface area contributed by atoms with Gasteiger partial charge in [0.15, 0.2) is 0 Å². The van der Waals surface area contributed by atoms with E-state index in [1.807, 2.05) is 48.5 Å². The fourth-order valence-electron chi connectivity index (χ4n) is 3.77. The number of hydrogen-bond acceptors (Lipinski definition) is 5.